The van der Waals surface area contributed by atoms with Crippen molar-refractivity contribution in [3.05, 3.63) is 20.4 Å². The summed E-state index contributed by atoms with van der Waals surface area (Å²) in [5, 5.41) is 0. The lowest BCUT2D eigenvalue weighted by Gasteiger charge is -2.08. The minimum atomic E-state index is 0.656. The standard InChI is InChI=1S/C10H12IN3/c1-6-7(2)9(11)14-10(13-4)8(6)5-12-3/h5H,4H2,1-3H3. The number of hydrogen-bond donors (Lipinski definition) is 0. The maximum Gasteiger partial charge on any atom is 0.161 e. The number of hydrogen-bond acceptors (Lipinski definition) is 3. The molecule has 0 N–H and O–H groups in total. The van der Waals surface area contributed by atoms with Gasteiger partial charge in [-0.2, -0.15) is 0 Å². The van der Waals surface area contributed by atoms with E-state index in [2.05, 4.69) is 44.3 Å². The molecule has 0 amide bonds. The molecule has 14 heavy (non-hydrogen) atoms. The molecule has 3 nitrogen and oxygen atoms in total. The van der Waals surface area contributed by atoms with E-state index in [1.54, 1.807) is 13.3 Å². The third kappa shape index (κ3) is 2.00. The topological polar surface area (TPSA) is 37.6 Å². The van der Waals surface area contributed by atoms with Crippen LogP contribution >= 0.6 is 22.6 Å². The summed E-state index contributed by atoms with van der Waals surface area (Å²) in [4.78, 5) is 12.2. The van der Waals surface area contributed by atoms with Crippen molar-refractivity contribution < 1.29 is 0 Å². The Morgan fingerprint density at radius 1 is 1.36 bits per heavy atom. The molecule has 1 heterocycles. The fourth-order valence-corrected chi connectivity index (χ4v) is 1.80. The van der Waals surface area contributed by atoms with Crippen LogP contribution in [-0.4, -0.2) is 25.0 Å². The Morgan fingerprint density at radius 3 is 2.50 bits per heavy atom. The number of aliphatic imine (C=N–C) groups is 2. The third-order valence-electron chi connectivity index (χ3n) is 2.13. The summed E-state index contributed by atoms with van der Waals surface area (Å²) in [5.41, 5.74) is 3.30. The molecular weight excluding hydrogens is 289 g/mol. The van der Waals surface area contributed by atoms with E-state index in [-0.39, 0.29) is 0 Å². The second kappa shape index (κ2) is 4.63. The molecule has 1 rings (SSSR count). The van der Waals surface area contributed by atoms with Gasteiger partial charge in [-0.05, 0) is 54.3 Å². The molecule has 1 aromatic rings. The summed E-state index contributed by atoms with van der Waals surface area (Å²) in [6, 6.07) is 0. The van der Waals surface area contributed by atoms with Crippen LogP contribution in [0.25, 0.3) is 0 Å². The van der Waals surface area contributed by atoms with E-state index >= 15 is 0 Å². The number of aromatic nitrogens is 1. The summed E-state index contributed by atoms with van der Waals surface area (Å²) in [6.07, 6.45) is 1.77. The Balaban J connectivity index is 3.52. The van der Waals surface area contributed by atoms with Crippen molar-refractivity contribution in [2.45, 2.75) is 13.8 Å². The fraction of sp³-hybridized carbons (Fsp3) is 0.300. The molecule has 1 aromatic heterocycles. The van der Waals surface area contributed by atoms with Crippen LogP contribution in [0.5, 0.6) is 0 Å². The van der Waals surface area contributed by atoms with Crippen LogP contribution in [-0.2, 0) is 0 Å². The average molecular weight is 301 g/mol. The predicted octanol–water partition coefficient (Wildman–Crippen LogP) is 2.68. The SMILES string of the molecule is C=Nc1nc(I)c(C)c(C)c1C=NC. The van der Waals surface area contributed by atoms with Crippen LogP contribution < -0.4 is 0 Å². The lowest BCUT2D eigenvalue weighted by atomic mass is 10.1. The summed E-state index contributed by atoms with van der Waals surface area (Å²) >= 11 is 2.20. The fourth-order valence-electron chi connectivity index (χ4n) is 1.17. The van der Waals surface area contributed by atoms with E-state index < -0.39 is 0 Å². The van der Waals surface area contributed by atoms with Crippen LogP contribution in [0.15, 0.2) is 9.98 Å². The Kier molecular flexibility index (Phi) is 3.74. The second-order valence-corrected chi connectivity index (χ2v) is 3.96. The highest BCUT2D eigenvalue weighted by atomic mass is 127. The normalized spacial score (nSPS) is 10.9. The summed E-state index contributed by atoms with van der Waals surface area (Å²) < 4.78 is 0.968. The van der Waals surface area contributed by atoms with Gasteiger partial charge in [-0.1, -0.05) is 0 Å². The molecule has 0 aliphatic heterocycles. The first kappa shape index (κ1) is 11.3. The Labute approximate surface area is 97.5 Å². The van der Waals surface area contributed by atoms with Crippen LogP contribution in [0.3, 0.4) is 0 Å². The highest BCUT2D eigenvalue weighted by molar-refractivity contribution is 14.1. The molecule has 0 saturated carbocycles. The van der Waals surface area contributed by atoms with Crippen molar-refractivity contribution in [2.24, 2.45) is 9.98 Å². The Morgan fingerprint density at radius 2 is 2.00 bits per heavy atom. The van der Waals surface area contributed by atoms with Crippen LogP contribution in [0, 0.1) is 17.5 Å². The maximum absolute atomic E-state index is 4.34. The highest BCUT2D eigenvalue weighted by Crippen LogP contribution is 2.24. The van der Waals surface area contributed by atoms with Gasteiger partial charge in [-0.25, -0.2) is 9.98 Å². The summed E-state index contributed by atoms with van der Waals surface area (Å²) in [6.45, 7) is 7.60. The molecule has 0 radical (unpaired) electrons. The molecule has 0 bridgehead atoms. The molecule has 0 atom stereocenters. The first-order valence-electron chi connectivity index (χ1n) is 4.17. The maximum atomic E-state index is 4.34. The molecule has 0 aromatic carbocycles. The van der Waals surface area contributed by atoms with Gasteiger partial charge < -0.3 is 0 Å². The molecule has 0 unspecified atom stereocenters. The van der Waals surface area contributed by atoms with E-state index in [0.29, 0.717) is 5.82 Å². The zero-order chi connectivity index (χ0) is 10.7. The van der Waals surface area contributed by atoms with Crippen LogP contribution in [0.4, 0.5) is 5.82 Å². The smallest absolute Gasteiger partial charge is 0.161 e. The lowest BCUT2D eigenvalue weighted by molar-refractivity contribution is 1.15. The van der Waals surface area contributed by atoms with Crippen molar-refractivity contribution in [3.63, 3.8) is 0 Å². The van der Waals surface area contributed by atoms with Gasteiger partial charge in [0.2, 0.25) is 0 Å². The lowest BCUT2D eigenvalue weighted by Crippen LogP contribution is -1.98. The largest absolute Gasteiger partial charge is 0.296 e. The molecule has 74 valence electrons. The van der Waals surface area contributed by atoms with E-state index in [9.17, 15) is 0 Å². The minimum Gasteiger partial charge on any atom is -0.296 e. The van der Waals surface area contributed by atoms with Crippen molar-refractivity contribution in [1.82, 2.24) is 4.98 Å². The monoisotopic (exact) mass is 301 g/mol. The van der Waals surface area contributed by atoms with Crippen molar-refractivity contribution in [1.29, 1.82) is 0 Å². The first-order valence-corrected chi connectivity index (χ1v) is 5.25. The van der Waals surface area contributed by atoms with E-state index in [1.165, 1.54) is 5.56 Å². The third-order valence-corrected chi connectivity index (χ3v) is 3.18. The number of pyridine rings is 1. The number of halogens is 1. The van der Waals surface area contributed by atoms with Gasteiger partial charge >= 0.3 is 0 Å². The zero-order valence-electron chi connectivity index (χ0n) is 8.50. The van der Waals surface area contributed by atoms with Crippen LogP contribution in [0.1, 0.15) is 16.7 Å². The quantitative estimate of drug-likeness (QED) is 0.470. The second-order valence-electron chi connectivity index (χ2n) is 2.94. The molecule has 0 fully saturated rings. The highest BCUT2D eigenvalue weighted by Gasteiger charge is 2.09. The Bertz CT molecular complexity index is 397. The van der Waals surface area contributed by atoms with E-state index in [0.717, 1.165) is 14.8 Å². The molecular formula is C10H12IN3. The van der Waals surface area contributed by atoms with Gasteiger partial charge in [-0.3, -0.25) is 4.99 Å². The molecule has 0 saturated heterocycles. The Hall–Kier alpha value is -0.780. The van der Waals surface area contributed by atoms with Crippen molar-refractivity contribution in [3.8, 4) is 0 Å². The first-order chi connectivity index (χ1) is 6.61. The van der Waals surface area contributed by atoms with E-state index in [1.807, 2.05) is 13.8 Å². The van der Waals surface area contributed by atoms with Crippen molar-refractivity contribution >= 4 is 41.3 Å². The predicted molar refractivity (Wildman–Crippen MR) is 69.2 cm³/mol. The van der Waals surface area contributed by atoms with Gasteiger partial charge in [0.1, 0.15) is 3.70 Å². The van der Waals surface area contributed by atoms with Gasteiger partial charge in [0.15, 0.2) is 5.82 Å². The zero-order valence-corrected chi connectivity index (χ0v) is 10.7. The molecule has 0 spiro atoms. The molecule has 0 aliphatic rings. The minimum absolute atomic E-state index is 0.656. The molecule has 0 aliphatic carbocycles. The van der Waals surface area contributed by atoms with Gasteiger partial charge in [0.05, 0.1) is 0 Å². The average Bonchev–Trinajstić information content (AvgIpc) is 2.19. The summed E-state index contributed by atoms with van der Waals surface area (Å²) in [7, 11) is 1.74. The number of rotatable bonds is 2. The number of nitrogens with zero attached hydrogens (tertiary/aromatic N) is 3. The summed E-state index contributed by atoms with van der Waals surface area (Å²) in [5.74, 6) is 0.656. The van der Waals surface area contributed by atoms with Gasteiger partial charge in [-0.15, -0.1) is 0 Å². The van der Waals surface area contributed by atoms with E-state index in [4.69, 9.17) is 0 Å². The molecule has 4 heteroatoms. The van der Waals surface area contributed by atoms with Gasteiger partial charge in [0.25, 0.3) is 0 Å². The van der Waals surface area contributed by atoms with Crippen molar-refractivity contribution in [2.75, 3.05) is 7.05 Å². The van der Waals surface area contributed by atoms with Crippen LogP contribution in [0.2, 0.25) is 0 Å². The van der Waals surface area contributed by atoms with Gasteiger partial charge in [0, 0.05) is 18.8 Å².